The smallest absolute Gasteiger partial charge is 0.547 e. The van der Waals surface area contributed by atoms with E-state index in [1.807, 2.05) is 0 Å². The molecule has 9 nitrogen and oxygen atoms in total. The van der Waals surface area contributed by atoms with Crippen molar-refractivity contribution in [2.24, 2.45) is 0 Å². The molecule has 0 aromatic heterocycles. The van der Waals surface area contributed by atoms with Crippen LogP contribution in [0, 0.1) is 17.5 Å². The molecule has 2 aliphatic rings. The van der Waals surface area contributed by atoms with Crippen LogP contribution in [0.3, 0.4) is 0 Å². The summed E-state index contributed by atoms with van der Waals surface area (Å²) < 4.78 is 65.8. The number of aliphatic carboxylic acids is 2. The molecule has 42 heavy (non-hydrogen) atoms. The monoisotopic (exact) mass is 706 g/mol. The van der Waals surface area contributed by atoms with Crippen molar-refractivity contribution in [1.82, 2.24) is 0 Å². The Kier molecular flexibility index (Phi) is 16.1. The Morgan fingerprint density at radius 2 is 0.905 bits per heavy atom. The van der Waals surface area contributed by atoms with Gasteiger partial charge in [0, 0.05) is 13.2 Å². The number of halogens is 3. The molecular formula is C28H26F3NaO9Sn. The largest absolute Gasteiger partial charge is 1.00 e. The van der Waals surface area contributed by atoms with E-state index in [0.717, 1.165) is 12.8 Å². The zero-order chi connectivity index (χ0) is 29.6. The second kappa shape index (κ2) is 18.9. The number of carboxylic acid groups (broad SMARTS) is 2. The number of benzene rings is 3. The van der Waals surface area contributed by atoms with Gasteiger partial charge in [-0.05, 0) is 25.7 Å². The van der Waals surface area contributed by atoms with Crippen molar-refractivity contribution in [2.45, 2.75) is 37.9 Å². The molecule has 2 atom stereocenters. The Morgan fingerprint density at radius 3 is 1.10 bits per heavy atom. The second-order valence-electron chi connectivity index (χ2n) is 8.56. The van der Waals surface area contributed by atoms with Crippen molar-refractivity contribution >= 4 is 32.9 Å². The fraction of sp³-hybridized carbons (Fsp3) is 0.286. The van der Waals surface area contributed by atoms with Gasteiger partial charge < -0.3 is 29.3 Å². The summed E-state index contributed by atoms with van der Waals surface area (Å²) in [5.41, 5.74) is 0. The molecule has 0 N–H and O–H groups in total. The van der Waals surface area contributed by atoms with E-state index in [-0.39, 0.29) is 29.6 Å². The van der Waals surface area contributed by atoms with Gasteiger partial charge in [-0.2, -0.15) is 0 Å². The predicted octanol–water partition coefficient (Wildman–Crippen LogP) is -0.540. The SMILES string of the molecule is Fc1ccc([O][Sn+]([O]c2ccc(F)cc2)[O]c2ccc(F)cc2)cc1.O=C([O-])C1CCCO1.O=C([O-])C1CCCO1.[Na+]. The molecule has 218 valence electrons. The van der Waals surface area contributed by atoms with Crippen LogP contribution in [0.1, 0.15) is 25.7 Å². The number of ether oxygens (including phenoxy) is 2. The van der Waals surface area contributed by atoms with E-state index in [0.29, 0.717) is 43.3 Å². The Hall–Kier alpha value is -2.49. The van der Waals surface area contributed by atoms with Gasteiger partial charge in [0.1, 0.15) is 0 Å². The van der Waals surface area contributed by atoms with Crippen molar-refractivity contribution in [1.29, 1.82) is 0 Å². The molecule has 2 heterocycles. The van der Waals surface area contributed by atoms with Gasteiger partial charge in [0.2, 0.25) is 0 Å². The average molecular weight is 705 g/mol. The fourth-order valence-corrected chi connectivity index (χ4v) is 6.56. The van der Waals surface area contributed by atoms with Gasteiger partial charge in [0.25, 0.3) is 0 Å². The van der Waals surface area contributed by atoms with Crippen molar-refractivity contribution in [3.8, 4) is 17.2 Å². The predicted molar refractivity (Wildman–Crippen MR) is 135 cm³/mol. The van der Waals surface area contributed by atoms with Gasteiger partial charge >= 0.3 is 180 Å². The number of hydrogen-bond donors (Lipinski definition) is 0. The minimum Gasteiger partial charge on any atom is -0.547 e. The maximum Gasteiger partial charge on any atom is 1.00 e. The standard InChI is InChI=1S/3C6H5FO.2C5H8O3.Na.Sn/c3*7-5-1-3-6(8)4-2-5;2*6-5(7)4-2-1-3-8-4;;/h3*1-4,8H;2*4H,1-3H2,(H,6,7);;/q;;;;;+1;+4/p-5. The van der Waals surface area contributed by atoms with E-state index < -0.39 is 62.6 Å². The Bertz CT molecular complexity index is 1080. The minimum atomic E-state index is -3.49. The molecule has 14 heteroatoms. The molecule has 2 fully saturated rings. The molecule has 0 aliphatic carbocycles. The maximum absolute atomic E-state index is 13.0. The first-order chi connectivity index (χ1) is 19.7. The molecule has 0 bridgehead atoms. The minimum absolute atomic E-state index is 0. The van der Waals surface area contributed by atoms with Gasteiger partial charge in [-0.3, -0.25) is 0 Å². The van der Waals surface area contributed by atoms with Crippen molar-refractivity contribution < 1.29 is 81.2 Å². The molecule has 5 rings (SSSR count). The normalized spacial score (nSPS) is 16.8. The zero-order valence-electron chi connectivity index (χ0n) is 22.6. The number of carboxylic acids is 2. The molecular weight excluding hydrogens is 679 g/mol. The van der Waals surface area contributed by atoms with Crippen LogP contribution < -0.4 is 49.0 Å². The number of carbonyl (C=O) groups excluding carboxylic acids is 2. The first-order valence-electron chi connectivity index (χ1n) is 12.5. The number of hydrogen-bond acceptors (Lipinski definition) is 9. The van der Waals surface area contributed by atoms with Gasteiger partial charge in [-0.25, -0.2) is 0 Å². The van der Waals surface area contributed by atoms with Gasteiger partial charge in [0.05, 0.1) is 24.1 Å². The third kappa shape index (κ3) is 13.2. The van der Waals surface area contributed by atoms with Crippen LogP contribution in [0.25, 0.3) is 0 Å². The fourth-order valence-electron chi connectivity index (χ4n) is 3.39. The summed E-state index contributed by atoms with van der Waals surface area (Å²) in [5, 5.41) is 19.9. The summed E-state index contributed by atoms with van der Waals surface area (Å²) in [4.78, 5) is 19.9. The Labute approximate surface area is 271 Å². The molecule has 0 radical (unpaired) electrons. The number of rotatable bonds is 8. The van der Waals surface area contributed by atoms with Gasteiger partial charge in [-0.1, -0.05) is 0 Å². The summed E-state index contributed by atoms with van der Waals surface area (Å²) in [6, 6.07) is 16.3. The molecule has 3 aromatic rings. The molecule has 3 aromatic carbocycles. The zero-order valence-corrected chi connectivity index (χ0v) is 27.5. The molecule has 2 unspecified atom stereocenters. The van der Waals surface area contributed by atoms with Gasteiger partial charge in [-0.15, -0.1) is 0 Å². The number of carbonyl (C=O) groups is 2. The van der Waals surface area contributed by atoms with Crippen LogP contribution >= 0.6 is 0 Å². The quantitative estimate of drug-likeness (QED) is 0.285. The van der Waals surface area contributed by atoms with Crippen LogP contribution in [0.4, 0.5) is 13.2 Å². The third-order valence-electron chi connectivity index (χ3n) is 5.43. The first-order valence-corrected chi connectivity index (χ1v) is 16.0. The van der Waals surface area contributed by atoms with Gasteiger partial charge in [0.15, 0.2) is 0 Å². The molecule has 2 saturated heterocycles. The Morgan fingerprint density at radius 1 is 0.619 bits per heavy atom. The summed E-state index contributed by atoms with van der Waals surface area (Å²) in [5.74, 6) is -2.17. The van der Waals surface area contributed by atoms with Crippen molar-refractivity contribution in [2.75, 3.05) is 13.2 Å². The van der Waals surface area contributed by atoms with Crippen LogP contribution in [0.15, 0.2) is 72.8 Å². The van der Waals surface area contributed by atoms with E-state index in [9.17, 15) is 33.0 Å². The van der Waals surface area contributed by atoms with E-state index in [2.05, 4.69) is 0 Å². The topological polar surface area (TPSA) is 126 Å². The van der Waals surface area contributed by atoms with Crippen LogP contribution in [-0.2, 0) is 19.1 Å². The first kappa shape index (κ1) is 35.7. The summed E-state index contributed by atoms with van der Waals surface area (Å²) in [6.45, 7) is 1.14. The summed E-state index contributed by atoms with van der Waals surface area (Å²) in [7, 11) is 0. The van der Waals surface area contributed by atoms with Crippen LogP contribution in [0.5, 0.6) is 17.2 Å². The molecule has 2 aliphatic heterocycles. The van der Waals surface area contributed by atoms with E-state index >= 15 is 0 Å². The van der Waals surface area contributed by atoms with E-state index in [1.54, 1.807) is 0 Å². The van der Waals surface area contributed by atoms with Crippen molar-refractivity contribution in [3.63, 3.8) is 0 Å². The molecule has 0 spiro atoms. The second-order valence-corrected chi connectivity index (χ2v) is 11.7. The van der Waals surface area contributed by atoms with Crippen molar-refractivity contribution in [3.05, 3.63) is 90.2 Å². The summed E-state index contributed by atoms with van der Waals surface area (Å²) >= 11 is -3.49. The molecule has 0 amide bonds. The van der Waals surface area contributed by atoms with E-state index in [1.165, 1.54) is 72.8 Å². The Balaban J connectivity index is 0.000000295. The van der Waals surface area contributed by atoms with Crippen LogP contribution in [-0.4, -0.2) is 58.4 Å². The maximum atomic E-state index is 13.0. The summed E-state index contributed by atoms with van der Waals surface area (Å²) in [6.07, 6.45) is 1.66. The third-order valence-corrected chi connectivity index (χ3v) is 8.87. The van der Waals surface area contributed by atoms with Crippen LogP contribution in [0.2, 0.25) is 0 Å². The van der Waals surface area contributed by atoms with E-state index in [4.69, 9.17) is 18.7 Å². The molecule has 0 saturated carbocycles. The average Bonchev–Trinajstić information content (AvgIpc) is 3.69.